The molecule has 2 heteroatoms. The molecule has 1 aromatic carbocycles. The molecule has 1 N–H and O–H groups in total. The van der Waals surface area contributed by atoms with Crippen molar-refractivity contribution in [3.63, 3.8) is 0 Å². The van der Waals surface area contributed by atoms with Crippen LogP contribution in [-0.2, 0) is 6.42 Å². The molecular formula is C14H22ClN. The van der Waals surface area contributed by atoms with Crippen LogP contribution in [0.2, 0.25) is 5.02 Å². The van der Waals surface area contributed by atoms with Crippen molar-refractivity contribution < 1.29 is 0 Å². The van der Waals surface area contributed by atoms with Gasteiger partial charge in [0.05, 0.1) is 0 Å². The Bertz CT molecular complexity index is 323. The topological polar surface area (TPSA) is 12.0 Å². The van der Waals surface area contributed by atoms with Crippen molar-refractivity contribution in [3.05, 3.63) is 34.3 Å². The third kappa shape index (κ3) is 4.54. The molecule has 0 heterocycles. The molecule has 1 atom stereocenters. The number of aryl methyl sites for hydroxylation is 2. The predicted octanol–water partition coefficient (Wildman–Crippen LogP) is 3.83. The molecule has 0 radical (unpaired) electrons. The largest absolute Gasteiger partial charge is 0.317 e. The highest BCUT2D eigenvalue weighted by molar-refractivity contribution is 6.31. The van der Waals surface area contributed by atoms with Gasteiger partial charge in [0.25, 0.3) is 0 Å². The molecule has 0 aliphatic heterocycles. The summed E-state index contributed by atoms with van der Waals surface area (Å²) in [5, 5.41) is 4.29. The van der Waals surface area contributed by atoms with Crippen molar-refractivity contribution in [2.45, 2.75) is 33.6 Å². The standard InChI is InChI=1S/C14H22ClN/c1-4-16-10-12(3)6-8-13-7-5-11(2)9-14(13)15/h5,7,9,12,16H,4,6,8,10H2,1-3H3. The van der Waals surface area contributed by atoms with Crippen LogP contribution < -0.4 is 5.32 Å². The summed E-state index contributed by atoms with van der Waals surface area (Å²) in [6, 6.07) is 6.33. The normalized spacial score (nSPS) is 12.8. The van der Waals surface area contributed by atoms with E-state index in [1.54, 1.807) is 0 Å². The van der Waals surface area contributed by atoms with Gasteiger partial charge < -0.3 is 5.32 Å². The summed E-state index contributed by atoms with van der Waals surface area (Å²) in [5.41, 5.74) is 2.50. The van der Waals surface area contributed by atoms with E-state index in [1.165, 1.54) is 17.5 Å². The van der Waals surface area contributed by atoms with E-state index < -0.39 is 0 Å². The van der Waals surface area contributed by atoms with E-state index in [2.05, 4.69) is 38.2 Å². The quantitative estimate of drug-likeness (QED) is 0.796. The highest BCUT2D eigenvalue weighted by Crippen LogP contribution is 2.20. The van der Waals surface area contributed by atoms with Gasteiger partial charge in [-0.05, 0) is 56.0 Å². The molecule has 0 aromatic heterocycles. The van der Waals surface area contributed by atoms with Crippen molar-refractivity contribution in [1.82, 2.24) is 5.32 Å². The molecule has 1 aromatic rings. The van der Waals surface area contributed by atoms with Crippen molar-refractivity contribution in [3.8, 4) is 0 Å². The number of hydrogen-bond donors (Lipinski definition) is 1. The first-order valence-corrected chi connectivity index (χ1v) is 6.47. The molecule has 0 aliphatic carbocycles. The summed E-state index contributed by atoms with van der Waals surface area (Å²) < 4.78 is 0. The maximum atomic E-state index is 6.20. The highest BCUT2D eigenvalue weighted by atomic mass is 35.5. The number of hydrogen-bond acceptors (Lipinski definition) is 1. The lowest BCUT2D eigenvalue weighted by atomic mass is 10.0. The summed E-state index contributed by atoms with van der Waals surface area (Å²) in [4.78, 5) is 0. The number of benzene rings is 1. The fourth-order valence-corrected chi connectivity index (χ4v) is 2.08. The molecule has 1 rings (SSSR count). The van der Waals surface area contributed by atoms with Gasteiger partial charge in [0.1, 0.15) is 0 Å². The summed E-state index contributed by atoms with van der Waals surface area (Å²) in [6.07, 6.45) is 2.27. The summed E-state index contributed by atoms with van der Waals surface area (Å²) in [6.45, 7) is 8.65. The lowest BCUT2D eigenvalue weighted by Crippen LogP contribution is -2.20. The molecule has 0 fully saturated rings. The minimum atomic E-state index is 0.706. The average molecular weight is 240 g/mol. The van der Waals surface area contributed by atoms with Gasteiger partial charge in [0.2, 0.25) is 0 Å². The first-order valence-electron chi connectivity index (χ1n) is 6.09. The van der Waals surface area contributed by atoms with Gasteiger partial charge in [-0.1, -0.05) is 37.6 Å². The van der Waals surface area contributed by atoms with Gasteiger partial charge in [-0.15, -0.1) is 0 Å². The van der Waals surface area contributed by atoms with Crippen molar-refractivity contribution in [1.29, 1.82) is 0 Å². The third-order valence-electron chi connectivity index (χ3n) is 2.86. The van der Waals surface area contributed by atoms with Crippen molar-refractivity contribution >= 4 is 11.6 Å². The van der Waals surface area contributed by atoms with Crippen LogP contribution in [0.15, 0.2) is 18.2 Å². The van der Waals surface area contributed by atoms with Crippen LogP contribution >= 0.6 is 11.6 Å². The zero-order chi connectivity index (χ0) is 12.0. The summed E-state index contributed by atoms with van der Waals surface area (Å²) in [7, 11) is 0. The third-order valence-corrected chi connectivity index (χ3v) is 3.21. The lowest BCUT2D eigenvalue weighted by molar-refractivity contribution is 0.489. The second-order valence-corrected chi connectivity index (χ2v) is 4.95. The maximum absolute atomic E-state index is 6.20. The highest BCUT2D eigenvalue weighted by Gasteiger charge is 2.04. The Morgan fingerprint density at radius 3 is 2.75 bits per heavy atom. The zero-order valence-electron chi connectivity index (χ0n) is 10.5. The van der Waals surface area contributed by atoms with Gasteiger partial charge in [0.15, 0.2) is 0 Å². The first kappa shape index (κ1) is 13.5. The molecule has 0 aliphatic rings. The van der Waals surface area contributed by atoms with Crippen LogP contribution in [-0.4, -0.2) is 13.1 Å². The van der Waals surface area contributed by atoms with E-state index >= 15 is 0 Å². The Morgan fingerprint density at radius 2 is 2.12 bits per heavy atom. The predicted molar refractivity (Wildman–Crippen MR) is 72.2 cm³/mol. The van der Waals surface area contributed by atoms with E-state index in [1.807, 2.05) is 6.07 Å². The van der Waals surface area contributed by atoms with Crippen LogP contribution in [0.5, 0.6) is 0 Å². The lowest BCUT2D eigenvalue weighted by Gasteiger charge is -2.12. The Morgan fingerprint density at radius 1 is 1.38 bits per heavy atom. The average Bonchev–Trinajstić information content (AvgIpc) is 2.25. The Hall–Kier alpha value is -0.530. The van der Waals surface area contributed by atoms with Gasteiger partial charge in [-0.3, -0.25) is 0 Å². The minimum Gasteiger partial charge on any atom is -0.317 e. The fourth-order valence-electron chi connectivity index (χ4n) is 1.75. The molecule has 0 saturated carbocycles. The molecule has 16 heavy (non-hydrogen) atoms. The van der Waals surface area contributed by atoms with E-state index in [0.29, 0.717) is 5.92 Å². The van der Waals surface area contributed by atoms with Gasteiger partial charge in [-0.2, -0.15) is 0 Å². The molecule has 0 amide bonds. The van der Waals surface area contributed by atoms with Crippen molar-refractivity contribution in [2.24, 2.45) is 5.92 Å². The Kier molecular flexibility index (Phi) is 5.86. The van der Waals surface area contributed by atoms with Crippen LogP contribution in [0, 0.1) is 12.8 Å². The zero-order valence-corrected chi connectivity index (χ0v) is 11.3. The van der Waals surface area contributed by atoms with Gasteiger partial charge in [0, 0.05) is 5.02 Å². The monoisotopic (exact) mass is 239 g/mol. The molecule has 0 bridgehead atoms. The van der Waals surface area contributed by atoms with Gasteiger partial charge in [-0.25, -0.2) is 0 Å². The Labute approximate surface area is 104 Å². The van der Waals surface area contributed by atoms with E-state index in [-0.39, 0.29) is 0 Å². The molecule has 90 valence electrons. The smallest absolute Gasteiger partial charge is 0.0440 e. The van der Waals surface area contributed by atoms with E-state index in [0.717, 1.165) is 24.5 Å². The second-order valence-electron chi connectivity index (χ2n) is 4.55. The van der Waals surface area contributed by atoms with E-state index in [4.69, 9.17) is 11.6 Å². The SMILES string of the molecule is CCNCC(C)CCc1ccc(C)cc1Cl. The number of nitrogens with one attached hydrogen (secondary N) is 1. The van der Waals surface area contributed by atoms with Crippen LogP contribution in [0.3, 0.4) is 0 Å². The van der Waals surface area contributed by atoms with Crippen LogP contribution in [0.25, 0.3) is 0 Å². The summed E-state index contributed by atoms with van der Waals surface area (Å²) in [5.74, 6) is 0.706. The maximum Gasteiger partial charge on any atom is 0.0440 e. The van der Waals surface area contributed by atoms with Gasteiger partial charge >= 0.3 is 0 Å². The number of halogens is 1. The molecule has 0 saturated heterocycles. The molecule has 1 nitrogen and oxygen atoms in total. The van der Waals surface area contributed by atoms with Crippen molar-refractivity contribution in [2.75, 3.05) is 13.1 Å². The van der Waals surface area contributed by atoms with Crippen LogP contribution in [0.1, 0.15) is 31.4 Å². The molecule has 0 spiro atoms. The molecular weight excluding hydrogens is 218 g/mol. The van der Waals surface area contributed by atoms with Crippen LogP contribution in [0.4, 0.5) is 0 Å². The second kappa shape index (κ2) is 6.93. The first-order chi connectivity index (χ1) is 7.63. The number of rotatable bonds is 6. The minimum absolute atomic E-state index is 0.706. The molecule has 1 unspecified atom stereocenters. The summed E-state index contributed by atoms with van der Waals surface area (Å²) >= 11 is 6.20. The fraction of sp³-hybridized carbons (Fsp3) is 0.571. The van der Waals surface area contributed by atoms with E-state index in [9.17, 15) is 0 Å². The Balaban J connectivity index is 2.42.